The molecule has 2 heterocycles. The number of anilines is 1. The Hall–Kier alpha value is -1.87. The Labute approximate surface area is 132 Å². The summed E-state index contributed by atoms with van der Waals surface area (Å²) < 4.78 is 3.12. The number of hydrogen-bond acceptors (Lipinski definition) is 4. The van der Waals surface area contributed by atoms with Crippen molar-refractivity contribution in [2.24, 2.45) is 0 Å². The van der Waals surface area contributed by atoms with E-state index in [4.69, 9.17) is 0 Å². The molecule has 1 aliphatic rings. The number of hydrogen-bond donors (Lipinski definition) is 1. The van der Waals surface area contributed by atoms with Gasteiger partial charge >= 0.3 is 0 Å². The number of nitriles is 1. The Morgan fingerprint density at radius 3 is 3.05 bits per heavy atom. The number of rotatable bonds is 3. The van der Waals surface area contributed by atoms with Gasteiger partial charge in [-0.3, -0.25) is 0 Å². The summed E-state index contributed by atoms with van der Waals surface area (Å²) in [5.74, 6) is 2.03. The molecular formula is C15H16BrN5. The van der Waals surface area contributed by atoms with Gasteiger partial charge in [0.05, 0.1) is 17.8 Å². The third kappa shape index (κ3) is 3.08. The monoisotopic (exact) mass is 345 g/mol. The molecule has 1 aliphatic heterocycles. The first-order chi connectivity index (χ1) is 10.3. The lowest BCUT2D eigenvalue weighted by atomic mass is 10.2. The highest BCUT2D eigenvalue weighted by Crippen LogP contribution is 2.21. The molecule has 0 atom stereocenters. The van der Waals surface area contributed by atoms with Crippen LogP contribution in [0.5, 0.6) is 0 Å². The van der Waals surface area contributed by atoms with Gasteiger partial charge in [-0.15, -0.1) is 10.2 Å². The van der Waals surface area contributed by atoms with Crippen molar-refractivity contribution in [2.45, 2.75) is 38.8 Å². The molecule has 0 bridgehead atoms. The number of fused-ring (bicyclic) bond motifs is 1. The topological polar surface area (TPSA) is 66.5 Å². The second kappa shape index (κ2) is 6.27. The first kappa shape index (κ1) is 14.1. The van der Waals surface area contributed by atoms with E-state index in [1.165, 1.54) is 19.3 Å². The maximum Gasteiger partial charge on any atom is 0.152 e. The van der Waals surface area contributed by atoms with Gasteiger partial charge in [0.25, 0.3) is 0 Å². The fourth-order valence-electron chi connectivity index (χ4n) is 2.61. The first-order valence-corrected chi connectivity index (χ1v) is 7.91. The zero-order chi connectivity index (χ0) is 14.7. The van der Waals surface area contributed by atoms with Crippen LogP contribution in [0.2, 0.25) is 0 Å². The quantitative estimate of drug-likeness (QED) is 0.927. The van der Waals surface area contributed by atoms with E-state index in [-0.39, 0.29) is 0 Å². The zero-order valence-electron chi connectivity index (χ0n) is 11.6. The van der Waals surface area contributed by atoms with Crippen LogP contribution in [0.3, 0.4) is 0 Å². The molecule has 21 heavy (non-hydrogen) atoms. The maximum atomic E-state index is 9.19. The molecule has 108 valence electrons. The number of benzene rings is 1. The molecule has 3 rings (SSSR count). The largest absolute Gasteiger partial charge is 0.377 e. The molecule has 2 aromatic rings. The molecule has 0 fully saturated rings. The average Bonchev–Trinajstić information content (AvgIpc) is 2.73. The lowest BCUT2D eigenvalue weighted by Gasteiger charge is -2.10. The second-order valence-corrected chi connectivity index (χ2v) is 6.07. The smallest absolute Gasteiger partial charge is 0.152 e. The first-order valence-electron chi connectivity index (χ1n) is 7.12. The third-order valence-corrected chi connectivity index (χ3v) is 4.22. The fourth-order valence-corrected chi connectivity index (χ4v) is 2.97. The van der Waals surface area contributed by atoms with Crippen LogP contribution in [0.4, 0.5) is 5.69 Å². The van der Waals surface area contributed by atoms with Gasteiger partial charge in [-0.25, -0.2) is 0 Å². The number of aryl methyl sites for hydroxylation is 1. The highest BCUT2D eigenvalue weighted by molar-refractivity contribution is 9.10. The van der Waals surface area contributed by atoms with E-state index in [9.17, 15) is 5.26 Å². The van der Waals surface area contributed by atoms with E-state index < -0.39 is 0 Å². The van der Waals surface area contributed by atoms with Crippen molar-refractivity contribution in [1.82, 2.24) is 14.8 Å². The van der Waals surface area contributed by atoms with Crippen molar-refractivity contribution in [3.8, 4) is 6.07 Å². The third-order valence-electron chi connectivity index (χ3n) is 3.73. The minimum absolute atomic E-state index is 0.587. The summed E-state index contributed by atoms with van der Waals surface area (Å²) in [5.41, 5.74) is 1.45. The number of aromatic nitrogens is 3. The van der Waals surface area contributed by atoms with E-state index >= 15 is 0 Å². The van der Waals surface area contributed by atoms with E-state index in [1.54, 1.807) is 0 Å². The zero-order valence-corrected chi connectivity index (χ0v) is 13.2. The van der Waals surface area contributed by atoms with Crippen molar-refractivity contribution in [3.05, 3.63) is 39.9 Å². The van der Waals surface area contributed by atoms with E-state index in [0.717, 1.165) is 34.8 Å². The SMILES string of the molecule is N#Cc1cc(Br)ccc1NCc1nnc2n1CCCCC2. The molecular weight excluding hydrogens is 330 g/mol. The average molecular weight is 346 g/mol. The molecule has 1 aromatic heterocycles. The van der Waals surface area contributed by atoms with Gasteiger partial charge in [-0.05, 0) is 31.0 Å². The Kier molecular flexibility index (Phi) is 4.20. The molecule has 0 unspecified atom stereocenters. The van der Waals surface area contributed by atoms with E-state index in [1.807, 2.05) is 18.2 Å². The minimum atomic E-state index is 0.587. The summed E-state index contributed by atoms with van der Waals surface area (Å²) in [6.07, 6.45) is 4.63. The van der Waals surface area contributed by atoms with Crippen LogP contribution in [-0.2, 0) is 19.5 Å². The number of nitrogens with zero attached hydrogens (tertiary/aromatic N) is 4. The van der Waals surface area contributed by atoms with Crippen LogP contribution in [0.25, 0.3) is 0 Å². The van der Waals surface area contributed by atoms with Crippen molar-refractivity contribution in [3.63, 3.8) is 0 Å². The van der Waals surface area contributed by atoms with Crippen LogP contribution in [0.15, 0.2) is 22.7 Å². The van der Waals surface area contributed by atoms with Gasteiger partial charge in [0.15, 0.2) is 5.82 Å². The maximum absolute atomic E-state index is 9.19. The highest BCUT2D eigenvalue weighted by atomic mass is 79.9. The molecule has 5 nitrogen and oxygen atoms in total. The Bertz CT molecular complexity index is 686. The standard InChI is InChI=1S/C15H16BrN5/c16-12-5-6-13(11(8-12)9-17)18-10-15-20-19-14-4-2-1-3-7-21(14)15/h5-6,8,18H,1-4,7,10H2. The molecule has 0 spiro atoms. The normalized spacial score (nSPS) is 14.1. The van der Waals surface area contributed by atoms with Crippen LogP contribution in [-0.4, -0.2) is 14.8 Å². The Morgan fingerprint density at radius 1 is 1.29 bits per heavy atom. The van der Waals surface area contributed by atoms with Crippen molar-refractivity contribution in [1.29, 1.82) is 5.26 Å². The Balaban J connectivity index is 1.77. The molecule has 0 radical (unpaired) electrons. The second-order valence-electron chi connectivity index (χ2n) is 5.15. The molecule has 0 saturated carbocycles. The predicted molar refractivity (Wildman–Crippen MR) is 83.8 cm³/mol. The number of nitrogens with one attached hydrogen (secondary N) is 1. The van der Waals surface area contributed by atoms with Crippen LogP contribution >= 0.6 is 15.9 Å². The highest BCUT2D eigenvalue weighted by Gasteiger charge is 2.14. The van der Waals surface area contributed by atoms with Gasteiger partial charge in [-0.1, -0.05) is 22.4 Å². The summed E-state index contributed by atoms with van der Waals surface area (Å²) in [6.45, 7) is 1.58. The summed E-state index contributed by atoms with van der Waals surface area (Å²) in [5, 5.41) is 21.1. The van der Waals surface area contributed by atoms with Gasteiger partial charge in [-0.2, -0.15) is 5.26 Å². The summed E-state index contributed by atoms with van der Waals surface area (Å²) in [4.78, 5) is 0. The fraction of sp³-hybridized carbons (Fsp3) is 0.400. The summed E-state index contributed by atoms with van der Waals surface area (Å²) in [6, 6.07) is 7.84. The van der Waals surface area contributed by atoms with Crippen LogP contribution in [0, 0.1) is 11.3 Å². The van der Waals surface area contributed by atoms with E-state index in [2.05, 4.69) is 42.1 Å². The van der Waals surface area contributed by atoms with Crippen molar-refractivity contribution < 1.29 is 0 Å². The molecule has 0 aliphatic carbocycles. The van der Waals surface area contributed by atoms with Gasteiger partial charge in [0.1, 0.15) is 11.9 Å². The molecule has 6 heteroatoms. The minimum Gasteiger partial charge on any atom is -0.377 e. The van der Waals surface area contributed by atoms with Crippen LogP contribution in [0.1, 0.15) is 36.5 Å². The molecule has 1 N–H and O–H groups in total. The summed E-state index contributed by atoms with van der Waals surface area (Å²) >= 11 is 3.38. The molecule has 1 aromatic carbocycles. The van der Waals surface area contributed by atoms with E-state index in [0.29, 0.717) is 12.1 Å². The lowest BCUT2D eigenvalue weighted by Crippen LogP contribution is -2.10. The van der Waals surface area contributed by atoms with Crippen molar-refractivity contribution in [2.75, 3.05) is 5.32 Å². The lowest BCUT2D eigenvalue weighted by molar-refractivity contribution is 0.610. The van der Waals surface area contributed by atoms with Crippen LogP contribution < -0.4 is 5.32 Å². The summed E-state index contributed by atoms with van der Waals surface area (Å²) in [7, 11) is 0. The predicted octanol–water partition coefficient (Wildman–Crippen LogP) is 3.25. The number of halogens is 1. The molecule has 0 saturated heterocycles. The van der Waals surface area contributed by atoms with Gasteiger partial charge in [0.2, 0.25) is 0 Å². The van der Waals surface area contributed by atoms with Gasteiger partial charge in [0, 0.05) is 17.4 Å². The Morgan fingerprint density at radius 2 is 2.19 bits per heavy atom. The van der Waals surface area contributed by atoms with Gasteiger partial charge < -0.3 is 9.88 Å². The molecule has 0 amide bonds. The van der Waals surface area contributed by atoms with Crippen molar-refractivity contribution >= 4 is 21.6 Å².